The monoisotopic (exact) mass is 416 g/mol. The van der Waals surface area contributed by atoms with Gasteiger partial charge in [0.2, 0.25) is 10.0 Å². The normalized spacial score (nSPS) is 11.2. The summed E-state index contributed by atoms with van der Waals surface area (Å²) in [6, 6.07) is 15.3. The molecule has 0 saturated carbocycles. The number of halogens is 1. The molecule has 0 atom stereocenters. The molecule has 144 valence electrons. The van der Waals surface area contributed by atoms with Crippen molar-refractivity contribution < 1.29 is 13.2 Å². The molecule has 9 heteroatoms. The van der Waals surface area contributed by atoms with Crippen molar-refractivity contribution in [2.24, 2.45) is 0 Å². The summed E-state index contributed by atoms with van der Waals surface area (Å²) >= 11 is 5.81. The van der Waals surface area contributed by atoms with E-state index in [4.69, 9.17) is 11.6 Å². The van der Waals surface area contributed by atoms with Crippen LogP contribution in [0.15, 0.2) is 71.9 Å². The van der Waals surface area contributed by atoms with Crippen LogP contribution in [0, 0.1) is 0 Å². The Bertz CT molecular complexity index is 1060. The number of hydrogen-bond donors (Lipinski definition) is 2. The van der Waals surface area contributed by atoms with Crippen molar-refractivity contribution in [3.05, 3.63) is 77.6 Å². The van der Waals surface area contributed by atoms with Crippen molar-refractivity contribution in [1.82, 2.24) is 20.0 Å². The molecule has 0 fully saturated rings. The molecule has 1 amide bonds. The van der Waals surface area contributed by atoms with E-state index in [9.17, 15) is 13.2 Å². The second kappa shape index (κ2) is 8.92. The van der Waals surface area contributed by atoms with Gasteiger partial charge in [-0.15, -0.1) is 0 Å². The minimum atomic E-state index is -3.69. The highest BCUT2D eigenvalue weighted by molar-refractivity contribution is 7.89. The van der Waals surface area contributed by atoms with Crippen LogP contribution in [-0.4, -0.2) is 37.4 Å². The number of amides is 1. The smallest absolute Gasteiger partial charge is 0.254 e. The van der Waals surface area contributed by atoms with E-state index in [2.05, 4.69) is 20.0 Å². The number of nitrogens with zero attached hydrogens (tertiary/aromatic N) is 2. The number of sulfonamides is 1. The van der Waals surface area contributed by atoms with Gasteiger partial charge < -0.3 is 5.32 Å². The molecule has 0 unspecified atom stereocenters. The molecule has 3 aromatic rings. The topological polar surface area (TPSA) is 101 Å². The first-order valence-electron chi connectivity index (χ1n) is 8.36. The Morgan fingerprint density at radius 3 is 2.36 bits per heavy atom. The zero-order valence-electron chi connectivity index (χ0n) is 14.7. The zero-order chi connectivity index (χ0) is 20.0. The van der Waals surface area contributed by atoms with Crippen molar-refractivity contribution in [1.29, 1.82) is 0 Å². The third-order valence-corrected chi connectivity index (χ3v) is 5.45. The van der Waals surface area contributed by atoms with Crippen molar-refractivity contribution in [2.75, 3.05) is 13.1 Å². The fourth-order valence-electron chi connectivity index (χ4n) is 2.36. The molecule has 0 bridgehead atoms. The fraction of sp³-hybridized carbons (Fsp3) is 0.105. The lowest BCUT2D eigenvalue weighted by Crippen LogP contribution is -2.34. The first-order valence-corrected chi connectivity index (χ1v) is 10.2. The maximum atomic E-state index is 12.2. The predicted molar refractivity (Wildman–Crippen MR) is 106 cm³/mol. The predicted octanol–water partition coefficient (Wildman–Crippen LogP) is 2.51. The van der Waals surface area contributed by atoms with Crippen molar-refractivity contribution in [3.63, 3.8) is 0 Å². The highest BCUT2D eigenvalue weighted by Crippen LogP contribution is 2.15. The van der Waals surface area contributed by atoms with Crippen molar-refractivity contribution >= 4 is 27.5 Å². The van der Waals surface area contributed by atoms with Crippen LogP contribution in [0.4, 0.5) is 0 Å². The lowest BCUT2D eigenvalue weighted by molar-refractivity contribution is 0.0953. The zero-order valence-corrected chi connectivity index (χ0v) is 16.2. The molecular weight excluding hydrogens is 400 g/mol. The molecule has 0 aliphatic heterocycles. The van der Waals surface area contributed by atoms with Crippen molar-refractivity contribution in [3.8, 4) is 11.4 Å². The van der Waals surface area contributed by atoms with E-state index >= 15 is 0 Å². The van der Waals surface area contributed by atoms with Crippen LogP contribution in [-0.2, 0) is 10.0 Å². The van der Waals surface area contributed by atoms with E-state index in [1.807, 2.05) is 30.3 Å². The van der Waals surface area contributed by atoms with Crippen LogP contribution in [0.3, 0.4) is 0 Å². The summed E-state index contributed by atoms with van der Waals surface area (Å²) in [6.07, 6.45) is 2.86. The summed E-state index contributed by atoms with van der Waals surface area (Å²) in [7, 11) is -3.69. The Hall–Kier alpha value is -2.81. The van der Waals surface area contributed by atoms with Gasteiger partial charge in [-0.2, -0.15) is 0 Å². The third-order valence-electron chi connectivity index (χ3n) is 3.76. The van der Waals surface area contributed by atoms with E-state index in [0.29, 0.717) is 10.8 Å². The molecule has 0 radical (unpaired) electrons. The van der Waals surface area contributed by atoms with Crippen LogP contribution in [0.5, 0.6) is 0 Å². The highest BCUT2D eigenvalue weighted by atomic mass is 35.5. The van der Waals surface area contributed by atoms with E-state index in [1.165, 1.54) is 24.5 Å². The Balaban J connectivity index is 1.52. The average Bonchev–Trinajstić information content (AvgIpc) is 2.72. The minimum absolute atomic E-state index is 0.0313. The number of carbonyl (C=O) groups is 1. The summed E-state index contributed by atoms with van der Waals surface area (Å²) in [5, 5.41) is 2.95. The van der Waals surface area contributed by atoms with E-state index in [1.54, 1.807) is 12.1 Å². The van der Waals surface area contributed by atoms with Crippen LogP contribution < -0.4 is 10.0 Å². The molecule has 1 heterocycles. The number of benzene rings is 2. The van der Waals surface area contributed by atoms with E-state index in [0.717, 1.165) is 5.56 Å². The maximum absolute atomic E-state index is 12.2. The van der Waals surface area contributed by atoms with Gasteiger partial charge in [0.25, 0.3) is 5.91 Å². The van der Waals surface area contributed by atoms with Gasteiger partial charge in [0, 0.05) is 36.1 Å². The number of carbonyl (C=O) groups excluding carboxylic acids is 1. The molecule has 1 aromatic heterocycles. The summed E-state index contributed by atoms with van der Waals surface area (Å²) in [4.78, 5) is 20.6. The van der Waals surface area contributed by atoms with Gasteiger partial charge in [0.15, 0.2) is 5.82 Å². The van der Waals surface area contributed by atoms with Crippen LogP contribution in [0.1, 0.15) is 10.4 Å². The lowest BCUT2D eigenvalue weighted by atomic mass is 10.2. The SMILES string of the molecule is O=C(NCCNS(=O)(=O)c1cccc(Cl)c1)c1cnc(-c2ccccc2)nc1. The van der Waals surface area contributed by atoms with Crippen LogP contribution in [0.2, 0.25) is 5.02 Å². The largest absolute Gasteiger partial charge is 0.351 e. The minimum Gasteiger partial charge on any atom is -0.351 e. The standard InChI is InChI=1S/C19H17ClN4O3S/c20-16-7-4-8-17(11-16)28(26,27)24-10-9-21-19(25)15-12-22-18(23-13-15)14-5-2-1-3-6-14/h1-8,11-13,24H,9-10H2,(H,21,25). The highest BCUT2D eigenvalue weighted by Gasteiger charge is 2.14. The Labute approximate surface area is 167 Å². The number of rotatable bonds is 7. The van der Waals surface area contributed by atoms with Crippen molar-refractivity contribution in [2.45, 2.75) is 4.90 Å². The quantitative estimate of drug-likeness (QED) is 0.576. The molecule has 0 spiro atoms. The Kier molecular flexibility index (Phi) is 6.35. The fourth-order valence-corrected chi connectivity index (χ4v) is 3.69. The second-order valence-electron chi connectivity index (χ2n) is 5.77. The summed E-state index contributed by atoms with van der Waals surface area (Å²) in [6.45, 7) is 0.141. The van der Waals surface area contributed by atoms with Gasteiger partial charge in [-0.05, 0) is 18.2 Å². The molecule has 7 nitrogen and oxygen atoms in total. The molecule has 2 aromatic carbocycles. The van der Waals surface area contributed by atoms with Gasteiger partial charge in [-0.3, -0.25) is 4.79 Å². The number of aromatic nitrogens is 2. The second-order valence-corrected chi connectivity index (χ2v) is 7.98. The molecule has 0 aliphatic carbocycles. The maximum Gasteiger partial charge on any atom is 0.254 e. The number of hydrogen-bond acceptors (Lipinski definition) is 5. The van der Waals surface area contributed by atoms with Gasteiger partial charge in [0.1, 0.15) is 0 Å². The molecule has 2 N–H and O–H groups in total. The summed E-state index contributed by atoms with van der Waals surface area (Å²) < 4.78 is 26.7. The van der Waals surface area contributed by atoms with Gasteiger partial charge in [-0.25, -0.2) is 23.1 Å². The van der Waals surface area contributed by atoms with Gasteiger partial charge in [-0.1, -0.05) is 48.0 Å². The van der Waals surface area contributed by atoms with E-state index < -0.39 is 10.0 Å². The number of nitrogens with one attached hydrogen (secondary N) is 2. The van der Waals surface area contributed by atoms with E-state index in [-0.39, 0.29) is 29.5 Å². The summed E-state index contributed by atoms with van der Waals surface area (Å²) in [5.74, 6) is 0.132. The first kappa shape index (κ1) is 19.9. The molecule has 3 rings (SSSR count). The summed E-state index contributed by atoms with van der Waals surface area (Å²) in [5.41, 5.74) is 1.14. The third kappa shape index (κ3) is 5.13. The lowest BCUT2D eigenvalue weighted by Gasteiger charge is -2.08. The average molecular weight is 417 g/mol. The van der Waals surface area contributed by atoms with Crippen LogP contribution >= 0.6 is 11.6 Å². The van der Waals surface area contributed by atoms with Gasteiger partial charge in [0.05, 0.1) is 10.5 Å². The Morgan fingerprint density at radius 2 is 1.68 bits per heavy atom. The molecule has 28 heavy (non-hydrogen) atoms. The van der Waals surface area contributed by atoms with Crippen LogP contribution in [0.25, 0.3) is 11.4 Å². The first-order chi connectivity index (χ1) is 13.5. The van der Waals surface area contributed by atoms with Gasteiger partial charge >= 0.3 is 0 Å². The Morgan fingerprint density at radius 1 is 0.964 bits per heavy atom. The molecule has 0 saturated heterocycles. The molecule has 0 aliphatic rings. The molecular formula is C19H17ClN4O3S.